The molecule has 2 aromatic rings. The van der Waals surface area contributed by atoms with Gasteiger partial charge in [0.05, 0.1) is 24.1 Å². The summed E-state index contributed by atoms with van der Waals surface area (Å²) in [6.45, 7) is 4.88. The fourth-order valence-electron chi connectivity index (χ4n) is 2.81. The molecule has 0 fully saturated rings. The van der Waals surface area contributed by atoms with Crippen molar-refractivity contribution in [3.8, 4) is 0 Å². The molecule has 1 atom stereocenters. The van der Waals surface area contributed by atoms with Crippen molar-refractivity contribution in [2.24, 2.45) is 0 Å². The van der Waals surface area contributed by atoms with E-state index < -0.39 is 39.6 Å². The van der Waals surface area contributed by atoms with Crippen molar-refractivity contribution in [3.63, 3.8) is 0 Å². The number of carbonyl (C=O) groups excluding carboxylic acids is 2. The highest BCUT2D eigenvalue weighted by Crippen LogP contribution is 2.24. The van der Waals surface area contributed by atoms with Crippen LogP contribution in [0.15, 0.2) is 36.4 Å². The summed E-state index contributed by atoms with van der Waals surface area (Å²) in [4.78, 5) is 24.5. The van der Waals surface area contributed by atoms with Crippen molar-refractivity contribution in [1.82, 2.24) is 0 Å². The number of hydrogen-bond donors (Lipinski definition) is 1. The van der Waals surface area contributed by atoms with Crippen LogP contribution in [0.25, 0.3) is 0 Å². The smallest absolute Gasteiger partial charge is 0.338 e. The van der Waals surface area contributed by atoms with E-state index in [0.29, 0.717) is 27.2 Å². The van der Waals surface area contributed by atoms with Gasteiger partial charge in [-0.1, -0.05) is 0 Å². The van der Waals surface area contributed by atoms with Crippen molar-refractivity contribution in [2.45, 2.75) is 26.8 Å². The molecule has 0 aliphatic rings. The predicted molar refractivity (Wildman–Crippen MR) is 109 cm³/mol. The Bertz CT molecular complexity index is 1070. The Kier molecular flexibility index (Phi) is 7.14. The van der Waals surface area contributed by atoms with E-state index in [9.17, 15) is 26.8 Å². The first kappa shape index (κ1) is 23.3. The second-order valence-electron chi connectivity index (χ2n) is 6.57. The summed E-state index contributed by atoms with van der Waals surface area (Å²) in [6, 6.07) is 5.79. The van der Waals surface area contributed by atoms with Gasteiger partial charge < -0.3 is 10.1 Å². The molecule has 0 aromatic heterocycles. The van der Waals surface area contributed by atoms with E-state index in [1.165, 1.54) is 25.1 Å². The first-order valence-electron chi connectivity index (χ1n) is 8.98. The number of sulfonamides is 1. The quantitative estimate of drug-likeness (QED) is 0.668. The molecule has 7 nitrogen and oxygen atoms in total. The van der Waals surface area contributed by atoms with E-state index in [1.54, 1.807) is 13.8 Å². The Morgan fingerprint density at radius 2 is 1.80 bits per heavy atom. The van der Waals surface area contributed by atoms with Crippen LogP contribution in [0, 0.1) is 18.6 Å². The van der Waals surface area contributed by atoms with Crippen molar-refractivity contribution in [3.05, 3.63) is 59.2 Å². The third-order valence-corrected chi connectivity index (χ3v) is 5.48. The molecule has 0 bridgehead atoms. The Hall–Kier alpha value is -3.01. The number of halogens is 2. The van der Waals surface area contributed by atoms with Gasteiger partial charge in [0.15, 0.2) is 11.6 Å². The van der Waals surface area contributed by atoms with Crippen LogP contribution in [-0.2, 0) is 19.6 Å². The summed E-state index contributed by atoms with van der Waals surface area (Å²) in [6.07, 6.45) is 0.859. The minimum Gasteiger partial charge on any atom is -0.462 e. The highest BCUT2D eigenvalue weighted by atomic mass is 32.2. The minimum absolute atomic E-state index is 0.187. The van der Waals surface area contributed by atoms with E-state index in [2.05, 4.69) is 5.32 Å². The summed E-state index contributed by atoms with van der Waals surface area (Å²) >= 11 is 0. The van der Waals surface area contributed by atoms with E-state index in [4.69, 9.17) is 4.74 Å². The molecular formula is C20H22F2N2O5S. The van der Waals surface area contributed by atoms with E-state index in [-0.39, 0.29) is 12.3 Å². The lowest BCUT2D eigenvalue weighted by Crippen LogP contribution is -2.45. The monoisotopic (exact) mass is 440 g/mol. The van der Waals surface area contributed by atoms with Crippen LogP contribution in [-0.4, -0.2) is 39.2 Å². The number of hydrogen-bond acceptors (Lipinski definition) is 5. The summed E-state index contributed by atoms with van der Waals surface area (Å²) in [7, 11) is -4.00. The second kappa shape index (κ2) is 9.21. The normalized spacial score (nSPS) is 12.2. The first-order valence-corrected chi connectivity index (χ1v) is 10.8. The topological polar surface area (TPSA) is 92.8 Å². The van der Waals surface area contributed by atoms with Gasteiger partial charge >= 0.3 is 5.97 Å². The van der Waals surface area contributed by atoms with Gasteiger partial charge in [0.2, 0.25) is 15.9 Å². The molecule has 2 rings (SSSR count). The van der Waals surface area contributed by atoms with Gasteiger partial charge in [-0.3, -0.25) is 9.10 Å². The Balaban J connectivity index is 2.30. The lowest BCUT2D eigenvalue weighted by molar-refractivity contribution is -0.116. The number of ether oxygens (including phenoxy) is 1. The van der Waals surface area contributed by atoms with Crippen LogP contribution in [0.3, 0.4) is 0 Å². The lowest BCUT2D eigenvalue weighted by atomic mass is 10.1. The fourth-order valence-corrected chi connectivity index (χ4v) is 3.98. The molecule has 0 saturated carbocycles. The van der Waals surface area contributed by atoms with Crippen LogP contribution in [0.2, 0.25) is 0 Å². The fraction of sp³-hybridized carbons (Fsp3) is 0.300. The van der Waals surface area contributed by atoms with Crippen molar-refractivity contribution >= 4 is 33.3 Å². The SMILES string of the molecule is CCOC(=O)c1ccc(NC(=O)C(C)N(c2ccc(F)c(F)c2)S(C)(=O)=O)c(C)c1. The van der Waals surface area contributed by atoms with Crippen LogP contribution in [0.4, 0.5) is 20.2 Å². The largest absolute Gasteiger partial charge is 0.462 e. The number of nitrogens with zero attached hydrogens (tertiary/aromatic N) is 1. The van der Waals surface area contributed by atoms with Crippen LogP contribution in [0.5, 0.6) is 0 Å². The number of rotatable bonds is 7. The molecule has 1 N–H and O–H groups in total. The van der Waals surface area contributed by atoms with Crippen LogP contribution < -0.4 is 9.62 Å². The average molecular weight is 440 g/mol. The number of aryl methyl sites for hydroxylation is 1. The molecule has 0 spiro atoms. The van der Waals surface area contributed by atoms with Crippen molar-refractivity contribution in [1.29, 1.82) is 0 Å². The second-order valence-corrected chi connectivity index (χ2v) is 8.43. The number of esters is 1. The number of benzene rings is 2. The van der Waals surface area contributed by atoms with Gasteiger partial charge in [-0.25, -0.2) is 22.0 Å². The number of amides is 1. The van der Waals surface area contributed by atoms with Crippen LogP contribution in [0.1, 0.15) is 29.8 Å². The van der Waals surface area contributed by atoms with Gasteiger partial charge in [-0.2, -0.15) is 0 Å². The van der Waals surface area contributed by atoms with Gasteiger partial charge in [-0.05, 0) is 56.7 Å². The maximum absolute atomic E-state index is 13.6. The molecule has 162 valence electrons. The molecule has 0 radical (unpaired) electrons. The zero-order valence-electron chi connectivity index (χ0n) is 16.9. The average Bonchev–Trinajstić information content (AvgIpc) is 2.65. The molecule has 30 heavy (non-hydrogen) atoms. The van der Waals surface area contributed by atoms with Crippen molar-refractivity contribution in [2.75, 3.05) is 22.5 Å². The maximum Gasteiger partial charge on any atom is 0.338 e. The highest BCUT2D eigenvalue weighted by molar-refractivity contribution is 7.92. The van der Waals surface area contributed by atoms with Crippen molar-refractivity contribution < 1.29 is 31.5 Å². The molecule has 1 unspecified atom stereocenters. The summed E-state index contributed by atoms with van der Waals surface area (Å²) in [5.41, 5.74) is 1.03. The lowest BCUT2D eigenvalue weighted by Gasteiger charge is -2.28. The third-order valence-electron chi connectivity index (χ3n) is 4.24. The number of nitrogens with one attached hydrogen (secondary N) is 1. The summed E-state index contributed by atoms with van der Waals surface area (Å²) < 4.78 is 57.0. The third kappa shape index (κ3) is 5.32. The van der Waals surface area contributed by atoms with E-state index in [0.717, 1.165) is 18.4 Å². The number of carbonyl (C=O) groups is 2. The van der Waals surface area contributed by atoms with Gasteiger partial charge in [0.1, 0.15) is 6.04 Å². The summed E-state index contributed by atoms with van der Waals surface area (Å²) in [5, 5.41) is 2.59. The standard InChI is InChI=1S/C20H22F2N2O5S/c1-5-29-20(26)14-6-9-18(12(2)10-14)23-19(25)13(3)24(30(4,27)28)15-7-8-16(21)17(22)11-15/h6-11,13H,5H2,1-4H3,(H,23,25). The van der Waals surface area contributed by atoms with Gasteiger partial charge in [0, 0.05) is 11.8 Å². The minimum atomic E-state index is -4.00. The molecule has 0 aliphatic carbocycles. The Labute approximate surface area is 173 Å². The Morgan fingerprint density at radius 1 is 1.13 bits per heavy atom. The zero-order valence-corrected chi connectivity index (χ0v) is 17.7. The molecule has 0 saturated heterocycles. The number of anilines is 2. The Morgan fingerprint density at radius 3 is 2.33 bits per heavy atom. The first-order chi connectivity index (χ1) is 14.0. The van der Waals surface area contributed by atoms with Gasteiger partial charge in [0.25, 0.3) is 0 Å². The molecule has 10 heteroatoms. The summed E-state index contributed by atoms with van der Waals surface area (Å²) in [5.74, 6) is -3.58. The predicted octanol–water partition coefficient (Wildman–Crippen LogP) is 3.24. The molecule has 1 amide bonds. The molecule has 2 aromatic carbocycles. The molecule has 0 aliphatic heterocycles. The zero-order chi connectivity index (χ0) is 22.6. The maximum atomic E-state index is 13.6. The highest BCUT2D eigenvalue weighted by Gasteiger charge is 2.30. The molecule has 0 heterocycles. The van der Waals surface area contributed by atoms with Crippen LogP contribution >= 0.6 is 0 Å². The molecular weight excluding hydrogens is 418 g/mol. The van der Waals surface area contributed by atoms with Gasteiger partial charge in [-0.15, -0.1) is 0 Å². The van der Waals surface area contributed by atoms with E-state index >= 15 is 0 Å². The van der Waals surface area contributed by atoms with E-state index in [1.807, 2.05) is 0 Å².